The maximum atomic E-state index is 12.2. The Kier molecular flexibility index (Phi) is 2.31. The van der Waals surface area contributed by atoms with Gasteiger partial charge < -0.3 is 15.3 Å². The normalized spacial score (nSPS) is 54.5. The summed E-state index contributed by atoms with van der Waals surface area (Å²) in [4.78, 5) is 12.2. The van der Waals surface area contributed by atoms with E-state index in [0.717, 1.165) is 0 Å². The quantitative estimate of drug-likeness (QED) is 0.651. The molecule has 0 aliphatic heterocycles. The molecular formula is C15H22O4. The average Bonchev–Trinajstić information content (AvgIpc) is 2.59. The fraction of sp³-hybridized carbons (Fsp3) is 0.800. The number of aliphatic hydroxyl groups is 3. The predicted molar refractivity (Wildman–Crippen MR) is 69.2 cm³/mol. The molecule has 0 spiro atoms. The number of hydrogen-bond donors (Lipinski definition) is 3. The van der Waals surface area contributed by atoms with Crippen molar-refractivity contribution in [2.45, 2.75) is 45.3 Å². The van der Waals surface area contributed by atoms with Crippen molar-refractivity contribution in [2.75, 3.05) is 6.61 Å². The fourth-order valence-corrected chi connectivity index (χ4v) is 4.92. The van der Waals surface area contributed by atoms with E-state index < -0.39 is 22.5 Å². The third-order valence-corrected chi connectivity index (χ3v) is 6.43. The highest BCUT2D eigenvalue weighted by molar-refractivity contribution is 5.98. The minimum atomic E-state index is -1.22. The lowest BCUT2D eigenvalue weighted by Crippen LogP contribution is -2.77. The molecule has 0 amide bonds. The highest BCUT2D eigenvalue weighted by Crippen LogP contribution is 2.72. The largest absolute Gasteiger partial charge is 0.395 e. The molecule has 5 atom stereocenters. The Morgan fingerprint density at radius 3 is 2.47 bits per heavy atom. The van der Waals surface area contributed by atoms with Gasteiger partial charge in [-0.25, -0.2) is 0 Å². The number of ketones is 1. The summed E-state index contributed by atoms with van der Waals surface area (Å²) >= 11 is 0. The third-order valence-electron chi connectivity index (χ3n) is 6.43. The van der Waals surface area contributed by atoms with Crippen LogP contribution in [0.3, 0.4) is 0 Å². The SMILES string of the molecule is CC1(C)CC2C3(CO)C=CC(=O)C3(C)CC(O)C21O. The standard InChI is InChI=1S/C15H22O4/c1-12(2)6-9-14(8-16)5-4-10(17)13(14,3)7-11(18)15(9,12)19/h4-5,9,11,16,18-19H,6-8H2,1-3H3. The minimum Gasteiger partial charge on any atom is -0.395 e. The van der Waals surface area contributed by atoms with Gasteiger partial charge in [0.25, 0.3) is 0 Å². The van der Waals surface area contributed by atoms with Crippen molar-refractivity contribution in [3.8, 4) is 0 Å². The molecule has 3 N–H and O–H groups in total. The zero-order chi connectivity index (χ0) is 14.3. The van der Waals surface area contributed by atoms with Gasteiger partial charge in [-0.3, -0.25) is 4.79 Å². The third kappa shape index (κ3) is 1.11. The molecule has 0 aromatic carbocycles. The van der Waals surface area contributed by atoms with Crippen molar-refractivity contribution < 1.29 is 20.1 Å². The van der Waals surface area contributed by atoms with E-state index in [2.05, 4.69) is 0 Å². The van der Waals surface area contributed by atoms with Gasteiger partial charge in [0, 0.05) is 16.7 Å². The Bertz CT molecular complexity index is 483. The Morgan fingerprint density at radius 2 is 1.95 bits per heavy atom. The highest BCUT2D eigenvalue weighted by atomic mass is 16.3. The van der Waals surface area contributed by atoms with Crippen molar-refractivity contribution in [1.29, 1.82) is 0 Å². The molecule has 4 nitrogen and oxygen atoms in total. The monoisotopic (exact) mass is 266 g/mol. The van der Waals surface area contributed by atoms with E-state index in [-0.39, 0.29) is 30.1 Å². The number of carbonyl (C=O) groups excluding carboxylic acids is 1. The van der Waals surface area contributed by atoms with Gasteiger partial charge in [-0.05, 0) is 24.3 Å². The van der Waals surface area contributed by atoms with Crippen molar-refractivity contribution in [2.24, 2.45) is 22.2 Å². The molecule has 2 saturated carbocycles. The fourth-order valence-electron chi connectivity index (χ4n) is 4.92. The molecule has 3 aliphatic carbocycles. The molecule has 3 rings (SSSR count). The average molecular weight is 266 g/mol. The van der Waals surface area contributed by atoms with Gasteiger partial charge in [0.2, 0.25) is 0 Å². The van der Waals surface area contributed by atoms with Crippen molar-refractivity contribution >= 4 is 5.78 Å². The van der Waals surface area contributed by atoms with Crippen molar-refractivity contribution in [1.82, 2.24) is 0 Å². The summed E-state index contributed by atoms with van der Waals surface area (Å²) < 4.78 is 0. The molecule has 0 aromatic heterocycles. The van der Waals surface area contributed by atoms with Gasteiger partial charge in [0.15, 0.2) is 5.78 Å². The van der Waals surface area contributed by atoms with Gasteiger partial charge in [-0.2, -0.15) is 0 Å². The molecule has 0 bridgehead atoms. The van der Waals surface area contributed by atoms with Crippen LogP contribution in [0.4, 0.5) is 0 Å². The van der Waals surface area contributed by atoms with Crippen LogP contribution in [0.5, 0.6) is 0 Å². The number of fused-ring (bicyclic) bond motifs is 3. The number of allylic oxidation sites excluding steroid dienone is 1. The molecule has 2 fully saturated rings. The van der Waals surface area contributed by atoms with Crippen LogP contribution in [0.2, 0.25) is 0 Å². The van der Waals surface area contributed by atoms with E-state index in [1.165, 1.54) is 6.08 Å². The van der Waals surface area contributed by atoms with Crippen LogP contribution in [0, 0.1) is 22.2 Å². The molecule has 0 aromatic rings. The predicted octanol–water partition coefficient (Wildman–Crippen LogP) is 0.652. The lowest BCUT2D eigenvalue weighted by molar-refractivity contribution is -0.320. The van der Waals surface area contributed by atoms with Gasteiger partial charge in [0.1, 0.15) is 0 Å². The van der Waals surface area contributed by atoms with E-state index in [4.69, 9.17) is 0 Å². The number of aliphatic hydroxyl groups excluding tert-OH is 2. The van der Waals surface area contributed by atoms with E-state index in [1.54, 1.807) is 13.0 Å². The summed E-state index contributed by atoms with van der Waals surface area (Å²) in [5, 5.41) is 31.3. The first-order chi connectivity index (χ1) is 8.66. The van der Waals surface area contributed by atoms with E-state index in [0.29, 0.717) is 6.42 Å². The van der Waals surface area contributed by atoms with Gasteiger partial charge >= 0.3 is 0 Å². The Morgan fingerprint density at radius 1 is 1.32 bits per heavy atom. The summed E-state index contributed by atoms with van der Waals surface area (Å²) in [6.45, 7) is 5.50. The molecule has 0 radical (unpaired) electrons. The molecule has 19 heavy (non-hydrogen) atoms. The number of hydrogen-bond acceptors (Lipinski definition) is 4. The molecule has 5 unspecified atom stereocenters. The maximum Gasteiger partial charge on any atom is 0.162 e. The summed E-state index contributed by atoms with van der Waals surface area (Å²) in [7, 11) is 0. The lowest BCUT2D eigenvalue weighted by Gasteiger charge is -2.71. The van der Waals surface area contributed by atoms with Crippen molar-refractivity contribution in [3.05, 3.63) is 12.2 Å². The van der Waals surface area contributed by atoms with Crippen LogP contribution in [0.1, 0.15) is 33.6 Å². The molecule has 0 heterocycles. The second-order valence-corrected chi connectivity index (χ2v) is 7.41. The molecule has 4 heteroatoms. The van der Waals surface area contributed by atoms with Gasteiger partial charge in [-0.1, -0.05) is 26.8 Å². The zero-order valence-corrected chi connectivity index (χ0v) is 11.7. The van der Waals surface area contributed by atoms with Crippen LogP contribution >= 0.6 is 0 Å². The first kappa shape index (κ1) is 13.3. The first-order valence-electron chi connectivity index (χ1n) is 6.91. The first-order valence-corrected chi connectivity index (χ1v) is 6.91. The zero-order valence-electron chi connectivity index (χ0n) is 11.7. The summed E-state index contributed by atoms with van der Waals surface area (Å²) in [5.41, 5.74) is -3.13. The van der Waals surface area contributed by atoms with E-state index in [1.807, 2.05) is 13.8 Å². The molecular weight excluding hydrogens is 244 g/mol. The lowest BCUT2D eigenvalue weighted by atomic mass is 9.36. The topological polar surface area (TPSA) is 77.8 Å². The summed E-state index contributed by atoms with van der Waals surface area (Å²) in [6.07, 6.45) is 3.27. The minimum absolute atomic E-state index is 0.0487. The Balaban J connectivity index is 2.15. The summed E-state index contributed by atoms with van der Waals surface area (Å²) in [5.74, 6) is -0.316. The number of carbonyl (C=O) groups is 1. The molecule has 0 saturated heterocycles. The van der Waals surface area contributed by atoms with Crippen LogP contribution in [0.15, 0.2) is 12.2 Å². The number of rotatable bonds is 1. The molecule has 106 valence electrons. The van der Waals surface area contributed by atoms with Crippen LogP contribution in [-0.2, 0) is 4.79 Å². The second-order valence-electron chi connectivity index (χ2n) is 7.41. The molecule has 3 aliphatic rings. The Labute approximate surface area is 113 Å². The van der Waals surface area contributed by atoms with Gasteiger partial charge in [-0.15, -0.1) is 0 Å². The van der Waals surface area contributed by atoms with Crippen LogP contribution in [0.25, 0.3) is 0 Å². The summed E-state index contributed by atoms with van der Waals surface area (Å²) in [6, 6.07) is 0. The highest BCUT2D eigenvalue weighted by Gasteiger charge is 2.77. The van der Waals surface area contributed by atoms with E-state index >= 15 is 0 Å². The van der Waals surface area contributed by atoms with E-state index in [9.17, 15) is 20.1 Å². The van der Waals surface area contributed by atoms with Crippen LogP contribution in [-0.4, -0.2) is 39.4 Å². The van der Waals surface area contributed by atoms with Gasteiger partial charge in [0.05, 0.1) is 18.3 Å². The van der Waals surface area contributed by atoms with Crippen molar-refractivity contribution in [3.63, 3.8) is 0 Å². The Hall–Kier alpha value is -0.710. The smallest absolute Gasteiger partial charge is 0.162 e. The maximum absolute atomic E-state index is 12.2. The van der Waals surface area contributed by atoms with Crippen LogP contribution < -0.4 is 0 Å². The second kappa shape index (κ2) is 3.30.